The van der Waals surface area contributed by atoms with E-state index in [-0.39, 0.29) is 12.4 Å². The topological polar surface area (TPSA) is 12.0 Å². The van der Waals surface area contributed by atoms with Gasteiger partial charge >= 0.3 is 0 Å². The molecule has 0 spiro atoms. The predicted octanol–water partition coefficient (Wildman–Crippen LogP) is 3.42. The van der Waals surface area contributed by atoms with Gasteiger partial charge < -0.3 is 5.32 Å². The molecule has 1 fully saturated rings. The highest BCUT2D eigenvalue weighted by molar-refractivity contribution is 5.85. The normalized spacial score (nSPS) is 28.3. The van der Waals surface area contributed by atoms with Crippen LogP contribution in [0.15, 0.2) is 24.3 Å². The van der Waals surface area contributed by atoms with Gasteiger partial charge in [-0.1, -0.05) is 18.2 Å². The van der Waals surface area contributed by atoms with Crippen LogP contribution in [0.1, 0.15) is 30.7 Å². The number of halogens is 1. The maximum absolute atomic E-state index is 3.56. The standard InChI is InChI=1S/C12H15N.ClH/c1-2-4-12-11(3-1)10-6-5-9(7-10)8-13-12;/h1-4,9-10,13H,5-8H2;1H. The molecule has 14 heavy (non-hydrogen) atoms. The summed E-state index contributed by atoms with van der Waals surface area (Å²) in [7, 11) is 0. The molecule has 1 nitrogen and oxygen atoms in total. The van der Waals surface area contributed by atoms with Crippen LogP contribution in [0.2, 0.25) is 0 Å². The van der Waals surface area contributed by atoms with Gasteiger partial charge in [0.05, 0.1) is 0 Å². The molecular weight excluding hydrogens is 194 g/mol. The number of fused-ring (bicyclic) bond motifs is 4. The number of hydrogen-bond acceptors (Lipinski definition) is 1. The zero-order valence-corrected chi connectivity index (χ0v) is 9.02. The molecule has 1 saturated carbocycles. The molecule has 0 aromatic heterocycles. The minimum atomic E-state index is 0. The Hall–Kier alpha value is -0.690. The number of benzene rings is 1. The molecule has 1 heterocycles. The lowest BCUT2D eigenvalue weighted by molar-refractivity contribution is 0.576. The summed E-state index contributed by atoms with van der Waals surface area (Å²) in [5, 5.41) is 3.56. The van der Waals surface area contributed by atoms with Crippen molar-refractivity contribution in [3.63, 3.8) is 0 Å². The van der Waals surface area contributed by atoms with Crippen molar-refractivity contribution >= 4 is 18.1 Å². The Bertz CT molecular complexity index is 324. The van der Waals surface area contributed by atoms with Crippen molar-refractivity contribution in [3.8, 4) is 0 Å². The molecule has 76 valence electrons. The number of hydrogen-bond donors (Lipinski definition) is 1. The van der Waals surface area contributed by atoms with Crippen LogP contribution in [0.4, 0.5) is 5.69 Å². The van der Waals surface area contributed by atoms with Gasteiger partial charge in [-0.3, -0.25) is 0 Å². The fourth-order valence-corrected chi connectivity index (χ4v) is 2.81. The molecule has 0 saturated heterocycles. The SMILES string of the molecule is Cl.c1ccc2c(c1)NCC1CCC2C1. The summed E-state index contributed by atoms with van der Waals surface area (Å²) in [5.41, 5.74) is 2.94. The number of anilines is 1. The van der Waals surface area contributed by atoms with Crippen LogP contribution >= 0.6 is 12.4 Å². The maximum Gasteiger partial charge on any atom is 0.0375 e. The molecule has 1 aliphatic carbocycles. The first-order valence-electron chi connectivity index (χ1n) is 5.26. The van der Waals surface area contributed by atoms with Gasteiger partial charge in [-0.25, -0.2) is 0 Å². The zero-order valence-electron chi connectivity index (χ0n) is 8.20. The molecule has 1 aromatic rings. The highest BCUT2D eigenvalue weighted by Gasteiger charge is 2.29. The second-order valence-corrected chi connectivity index (χ2v) is 4.34. The van der Waals surface area contributed by atoms with Crippen molar-refractivity contribution in [1.82, 2.24) is 0 Å². The fraction of sp³-hybridized carbons (Fsp3) is 0.500. The van der Waals surface area contributed by atoms with Crippen LogP contribution in [0.3, 0.4) is 0 Å². The summed E-state index contributed by atoms with van der Waals surface area (Å²) < 4.78 is 0. The quantitative estimate of drug-likeness (QED) is 0.691. The van der Waals surface area contributed by atoms with E-state index in [1.165, 1.54) is 31.5 Å². The molecule has 1 aliphatic heterocycles. The van der Waals surface area contributed by atoms with Crippen LogP contribution in [0.25, 0.3) is 0 Å². The third kappa shape index (κ3) is 1.50. The molecule has 0 radical (unpaired) electrons. The molecule has 2 bridgehead atoms. The Kier molecular flexibility index (Phi) is 2.69. The Morgan fingerprint density at radius 2 is 2.00 bits per heavy atom. The molecular formula is C12H16ClN. The summed E-state index contributed by atoms with van der Waals surface area (Å²) >= 11 is 0. The second kappa shape index (κ2) is 3.82. The molecule has 0 amide bonds. The minimum absolute atomic E-state index is 0. The molecule has 3 rings (SSSR count). The van der Waals surface area contributed by atoms with Gasteiger partial charge in [0.15, 0.2) is 0 Å². The van der Waals surface area contributed by atoms with Gasteiger partial charge in [-0.2, -0.15) is 0 Å². The lowest BCUT2D eigenvalue weighted by Crippen LogP contribution is -2.09. The third-order valence-electron chi connectivity index (χ3n) is 3.52. The molecule has 2 atom stereocenters. The largest absolute Gasteiger partial charge is 0.385 e. The smallest absolute Gasteiger partial charge is 0.0375 e. The van der Waals surface area contributed by atoms with E-state index < -0.39 is 0 Å². The molecule has 2 heteroatoms. The van der Waals surface area contributed by atoms with Crippen molar-refractivity contribution in [3.05, 3.63) is 29.8 Å². The summed E-state index contributed by atoms with van der Waals surface area (Å²) in [4.78, 5) is 0. The second-order valence-electron chi connectivity index (χ2n) is 4.34. The van der Waals surface area contributed by atoms with Crippen LogP contribution < -0.4 is 5.32 Å². The molecule has 2 aliphatic rings. The summed E-state index contributed by atoms with van der Waals surface area (Å²) in [6.07, 6.45) is 4.24. The Morgan fingerprint density at radius 1 is 1.14 bits per heavy atom. The lowest BCUT2D eigenvalue weighted by atomic mass is 9.96. The van der Waals surface area contributed by atoms with Crippen LogP contribution in [-0.2, 0) is 0 Å². The van der Waals surface area contributed by atoms with E-state index in [1.807, 2.05) is 0 Å². The Labute approximate surface area is 91.3 Å². The van der Waals surface area contributed by atoms with Gasteiger partial charge in [0.25, 0.3) is 0 Å². The molecule has 2 unspecified atom stereocenters. The summed E-state index contributed by atoms with van der Waals surface area (Å²) in [6.45, 7) is 1.19. The Balaban J connectivity index is 0.000000750. The predicted molar refractivity (Wildman–Crippen MR) is 62.3 cm³/mol. The van der Waals surface area contributed by atoms with Crippen molar-refractivity contribution < 1.29 is 0 Å². The first-order valence-corrected chi connectivity index (χ1v) is 5.26. The van der Waals surface area contributed by atoms with E-state index >= 15 is 0 Å². The van der Waals surface area contributed by atoms with Crippen LogP contribution in [0.5, 0.6) is 0 Å². The summed E-state index contributed by atoms with van der Waals surface area (Å²) in [5.74, 6) is 1.77. The minimum Gasteiger partial charge on any atom is -0.385 e. The zero-order chi connectivity index (χ0) is 8.67. The van der Waals surface area contributed by atoms with E-state index in [2.05, 4.69) is 29.6 Å². The van der Waals surface area contributed by atoms with E-state index in [0.717, 1.165) is 11.8 Å². The van der Waals surface area contributed by atoms with Gasteiger partial charge in [0, 0.05) is 12.2 Å². The average Bonchev–Trinajstić information content (AvgIpc) is 2.54. The highest BCUT2D eigenvalue weighted by atomic mass is 35.5. The van der Waals surface area contributed by atoms with Crippen LogP contribution in [-0.4, -0.2) is 6.54 Å². The third-order valence-corrected chi connectivity index (χ3v) is 3.52. The van der Waals surface area contributed by atoms with Gasteiger partial charge in [0.1, 0.15) is 0 Å². The lowest BCUT2D eigenvalue weighted by Gasteiger charge is -2.14. The van der Waals surface area contributed by atoms with E-state index in [0.29, 0.717) is 0 Å². The number of rotatable bonds is 0. The van der Waals surface area contributed by atoms with Gasteiger partial charge in [-0.15, -0.1) is 12.4 Å². The Morgan fingerprint density at radius 3 is 2.93 bits per heavy atom. The van der Waals surface area contributed by atoms with Gasteiger partial charge in [-0.05, 0) is 42.7 Å². The average molecular weight is 210 g/mol. The fourth-order valence-electron chi connectivity index (χ4n) is 2.81. The highest BCUT2D eigenvalue weighted by Crippen LogP contribution is 2.43. The van der Waals surface area contributed by atoms with E-state index in [1.54, 1.807) is 5.56 Å². The van der Waals surface area contributed by atoms with Crippen molar-refractivity contribution in [2.75, 3.05) is 11.9 Å². The van der Waals surface area contributed by atoms with Crippen molar-refractivity contribution in [2.45, 2.75) is 25.2 Å². The first kappa shape index (κ1) is 9.85. The summed E-state index contributed by atoms with van der Waals surface area (Å²) in [6, 6.07) is 8.81. The van der Waals surface area contributed by atoms with Crippen molar-refractivity contribution in [2.24, 2.45) is 5.92 Å². The number of nitrogens with one attached hydrogen (secondary N) is 1. The van der Waals surface area contributed by atoms with Crippen molar-refractivity contribution in [1.29, 1.82) is 0 Å². The maximum atomic E-state index is 3.56. The first-order chi connectivity index (χ1) is 6.43. The number of para-hydroxylation sites is 1. The van der Waals surface area contributed by atoms with E-state index in [4.69, 9.17) is 0 Å². The van der Waals surface area contributed by atoms with E-state index in [9.17, 15) is 0 Å². The molecule has 1 aromatic carbocycles. The monoisotopic (exact) mass is 209 g/mol. The van der Waals surface area contributed by atoms with Crippen LogP contribution in [0, 0.1) is 5.92 Å². The van der Waals surface area contributed by atoms with Gasteiger partial charge in [0.2, 0.25) is 0 Å². The molecule has 1 N–H and O–H groups in total.